The van der Waals surface area contributed by atoms with Crippen molar-refractivity contribution in [2.75, 3.05) is 13.7 Å². The van der Waals surface area contributed by atoms with Gasteiger partial charge in [-0.05, 0) is 6.07 Å². The standard InChI is InChI=1S/C15H18O6/c1-18-12-5-3-2-4-11(12)14(15(16)17)21-9-6-10-8-19-13(7-9)20-10/h2-5,9-10,13-14H,6-8H2,1H3,(H,16,17)/t9-,10-,13+,14?/m0/s1. The highest BCUT2D eigenvalue weighted by Crippen LogP contribution is 2.34. The van der Waals surface area contributed by atoms with Crippen LogP contribution in [0, 0.1) is 0 Å². The number of methoxy groups -OCH3 is 1. The van der Waals surface area contributed by atoms with Gasteiger partial charge >= 0.3 is 5.97 Å². The molecule has 2 fully saturated rings. The van der Waals surface area contributed by atoms with E-state index >= 15 is 0 Å². The first-order valence-electron chi connectivity index (χ1n) is 6.95. The Hall–Kier alpha value is -1.63. The fraction of sp³-hybridized carbons (Fsp3) is 0.533. The molecule has 0 saturated carbocycles. The minimum Gasteiger partial charge on any atom is -0.496 e. The molecular weight excluding hydrogens is 276 g/mol. The van der Waals surface area contributed by atoms with Gasteiger partial charge in [0.15, 0.2) is 12.4 Å². The second-order valence-corrected chi connectivity index (χ2v) is 5.21. The lowest BCUT2D eigenvalue weighted by molar-refractivity contribution is -0.171. The number of para-hydroxylation sites is 1. The van der Waals surface area contributed by atoms with Gasteiger partial charge in [0.05, 0.1) is 25.9 Å². The summed E-state index contributed by atoms with van der Waals surface area (Å²) in [7, 11) is 1.51. The first kappa shape index (κ1) is 14.3. The van der Waals surface area contributed by atoms with Gasteiger partial charge in [-0.2, -0.15) is 0 Å². The molecular formula is C15H18O6. The number of hydrogen-bond donors (Lipinski definition) is 1. The lowest BCUT2D eigenvalue weighted by atomic mass is 10.0. The SMILES string of the molecule is COc1ccccc1C(O[C@H]1C[C@H]2CO[C@@H](C1)O2)C(=O)O. The summed E-state index contributed by atoms with van der Waals surface area (Å²) in [6, 6.07) is 7.01. The van der Waals surface area contributed by atoms with Crippen LogP contribution in [-0.4, -0.2) is 43.3 Å². The summed E-state index contributed by atoms with van der Waals surface area (Å²) in [6.07, 6.45) is -0.321. The van der Waals surface area contributed by atoms with Crippen LogP contribution in [0.1, 0.15) is 24.5 Å². The third kappa shape index (κ3) is 3.02. The molecule has 2 aliphatic heterocycles. The van der Waals surface area contributed by atoms with Crippen LogP contribution in [0.25, 0.3) is 0 Å². The third-order valence-electron chi connectivity index (χ3n) is 3.77. The summed E-state index contributed by atoms with van der Waals surface area (Å²) in [6.45, 7) is 0.553. The second kappa shape index (κ2) is 6.01. The predicted molar refractivity (Wildman–Crippen MR) is 72.1 cm³/mol. The second-order valence-electron chi connectivity index (χ2n) is 5.21. The summed E-state index contributed by atoms with van der Waals surface area (Å²) in [5.74, 6) is -0.518. The molecule has 1 aromatic rings. The molecule has 0 amide bonds. The Bertz CT molecular complexity index is 505. The van der Waals surface area contributed by atoms with Crippen molar-refractivity contribution < 1.29 is 28.8 Å². The molecule has 0 aliphatic carbocycles. The van der Waals surface area contributed by atoms with Gasteiger partial charge in [-0.1, -0.05) is 18.2 Å². The number of carbonyl (C=O) groups is 1. The Morgan fingerprint density at radius 2 is 2.19 bits per heavy atom. The topological polar surface area (TPSA) is 74.2 Å². The average molecular weight is 294 g/mol. The molecule has 0 radical (unpaired) electrons. The maximum atomic E-state index is 11.6. The molecule has 0 aromatic heterocycles. The van der Waals surface area contributed by atoms with E-state index in [0.717, 1.165) is 0 Å². The van der Waals surface area contributed by atoms with Crippen LogP contribution < -0.4 is 4.74 Å². The molecule has 114 valence electrons. The number of ether oxygens (including phenoxy) is 4. The fourth-order valence-corrected chi connectivity index (χ4v) is 2.81. The zero-order valence-electron chi connectivity index (χ0n) is 11.7. The predicted octanol–water partition coefficient (Wildman–Crippen LogP) is 1.74. The molecule has 2 saturated heterocycles. The summed E-state index contributed by atoms with van der Waals surface area (Å²) in [5, 5.41) is 9.48. The summed E-state index contributed by atoms with van der Waals surface area (Å²) in [4.78, 5) is 11.6. The first-order valence-corrected chi connectivity index (χ1v) is 6.95. The molecule has 4 atom stereocenters. The molecule has 3 rings (SSSR count). The lowest BCUT2D eigenvalue weighted by Crippen LogP contribution is -2.33. The number of fused-ring (bicyclic) bond motifs is 2. The number of aliphatic carboxylic acids is 1. The lowest BCUT2D eigenvalue weighted by Gasteiger charge is -2.29. The number of hydrogen-bond acceptors (Lipinski definition) is 5. The third-order valence-corrected chi connectivity index (χ3v) is 3.77. The van der Waals surface area contributed by atoms with E-state index < -0.39 is 12.1 Å². The molecule has 6 heteroatoms. The Labute approximate surface area is 122 Å². The van der Waals surface area contributed by atoms with Crippen molar-refractivity contribution in [1.82, 2.24) is 0 Å². The van der Waals surface area contributed by atoms with Crippen molar-refractivity contribution in [3.63, 3.8) is 0 Å². The van der Waals surface area contributed by atoms with Gasteiger partial charge in [-0.3, -0.25) is 0 Å². The van der Waals surface area contributed by atoms with Crippen LogP contribution in [0.4, 0.5) is 0 Å². The van der Waals surface area contributed by atoms with E-state index in [4.69, 9.17) is 18.9 Å². The summed E-state index contributed by atoms with van der Waals surface area (Å²) < 4.78 is 22.0. The Morgan fingerprint density at radius 3 is 2.90 bits per heavy atom. The Morgan fingerprint density at radius 1 is 1.38 bits per heavy atom. The molecule has 2 bridgehead atoms. The molecule has 6 nitrogen and oxygen atoms in total. The van der Waals surface area contributed by atoms with E-state index in [1.165, 1.54) is 7.11 Å². The van der Waals surface area contributed by atoms with Gasteiger partial charge in [-0.15, -0.1) is 0 Å². The minimum atomic E-state index is -1.05. The molecule has 2 aliphatic rings. The number of benzene rings is 1. The highest BCUT2D eigenvalue weighted by Gasteiger charge is 2.39. The van der Waals surface area contributed by atoms with Crippen LogP contribution in [-0.2, 0) is 19.0 Å². The fourth-order valence-electron chi connectivity index (χ4n) is 2.81. The van der Waals surface area contributed by atoms with Crippen LogP contribution in [0.15, 0.2) is 24.3 Å². The number of carboxylic acid groups (broad SMARTS) is 1. The van der Waals surface area contributed by atoms with Crippen LogP contribution >= 0.6 is 0 Å². The van der Waals surface area contributed by atoms with Crippen LogP contribution in [0.5, 0.6) is 5.75 Å². The van der Waals surface area contributed by atoms with Crippen molar-refractivity contribution in [1.29, 1.82) is 0 Å². The quantitative estimate of drug-likeness (QED) is 0.891. The Balaban J connectivity index is 1.77. The van der Waals surface area contributed by atoms with E-state index in [1.807, 2.05) is 0 Å². The molecule has 1 unspecified atom stereocenters. The van der Waals surface area contributed by atoms with E-state index in [9.17, 15) is 9.90 Å². The molecule has 21 heavy (non-hydrogen) atoms. The molecule has 1 aromatic carbocycles. The van der Waals surface area contributed by atoms with Crippen molar-refractivity contribution in [3.05, 3.63) is 29.8 Å². The molecule has 2 heterocycles. The van der Waals surface area contributed by atoms with Crippen molar-refractivity contribution in [2.24, 2.45) is 0 Å². The molecule has 1 N–H and O–H groups in total. The zero-order chi connectivity index (χ0) is 14.8. The maximum Gasteiger partial charge on any atom is 0.337 e. The highest BCUT2D eigenvalue weighted by atomic mass is 16.7. The van der Waals surface area contributed by atoms with Crippen LogP contribution in [0.2, 0.25) is 0 Å². The normalized spacial score (nSPS) is 29.1. The van der Waals surface area contributed by atoms with Crippen molar-refractivity contribution >= 4 is 5.97 Å². The van der Waals surface area contributed by atoms with Crippen molar-refractivity contribution in [3.8, 4) is 5.75 Å². The van der Waals surface area contributed by atoms with Gasteiger partial charge in [0.1, 0.15) is 5.75 Å². The van der Waals surface area contributed by atoms with Gasteiger partial charge < -0.3 is 24.1 Å². The number of carboxylic acids is 1. The van der Waals surface area contributed by atoms with Crippen LogP contribution in [0.3, 0.4) is 0 Å². The largest absolute Gasteiger partial charge is 0.496 e. The van der Waals surface area contributed by atoms with Gasteiger partial charge in [-0.25, -0.2) is 4.79 Å². The van der Waals surface area contributed by atoms with Gasteiger partial charge in [0.25, 0.3) is 0 Å². The van der Waals surface area contributed by atoms with E-state index in [-0.39, 0.29) is 18.5 Å². The molecule has 0 spiro atoms. The summed E-state index contributed by atoms with van der Waals surface area (Å²) >= 11 is 0. The smallest absolute Gasteiger partial charge is 0.337 e. The monoisotopic (exact) mass is 294 g/mol. The van der Waals surface area contributed by atoms with Gasteiger partial charge in [0, 0.05) is 18.4 Å². The first-order chi connectivity index (χ1) is 10.2. The summed E-state index contributed by atoms with van der Waals surface area (Å²) in [5.41, 5.74) is 0.521. The average Bonchev–Trinajstić information content (AvgIpc) is 2.83. The zero-order valence-corrected chi connectivity index (χ0v) is 11.7. The Kier molecular flexibility index (Phi) is 4.10. The highest BCUT2D eigenvalue weighted by molar-refractivity contribution is 5.75. The maximum absolute atomic E-state index is 11.6. The van der Waals surface area contributed by atoms with E-state index in [1.54, 1.807) is 24.3 Å². The van der Waals surface area contributed by atoms with E-state index in [0.29, 0.717) is 30.8 Å². The van der Waals surface area contributed by atoms with Gasteiger partial charge in [0.2, 0.25) is 0 Å². The minimum absolute atomic E-state index is 0.000800. The van der Waals surface area contributed by atoms with E-state index in [2.05, 4.69) is 0 Å². The van der Waals surface area contributed by atoms with Crippen molar-refractivity contribution in [2.45, 2.75) is 37.4 Å². The number of rotatable bonds is 5.